The van der Waals surface area contributed by atoms with Crippen molar-refractivity contribution in [3.63, 3.8) is 0 Å². The van der Waals surface area contributed by atoms with E-state index in [1.54, 1.807) is 0 Å². The molecule has 18 heavy (non-hydrogen) atoms. The van der Waals surface area contributed by atoms with Crippen molar-refractivity contribution in [2.45, 2.75) is 52.5 Å². The third-order valence-electron chi connectivity index (χ3n) is 4.19. The van der Waals surface area contributed by atoms with E-state index in [2.05, 4.69) is 50.4 Å². The van der Waals surface area contributed by atoms with Gasteiger partial charge in [0, 0.05) is 6.04 Å². The van der Waals surface area contributed by atoms with Gasteiger partial charge in [-0.2, -0.15) is 0 Å². The van der Waals surface area contributed by atoms with Crippen LogP contribution in [0.4, 0.5) is 0 Å². The van der Waals surface area contributed by atoms with E-state index in [0.717, 1.165) is 18.4 Å². The van der Waals surface area contributed by atoms with E-state index in [9.17, 15) is 0 Å². The van der Waals surface area contributed by atoms with Crippen molar-refractivity contribution in [1.82, 2.24) is 5.32 Å². The van der Waals surface area contributed by atoms with Crippen LogP contribution in [0.15, 0.2) is 24.3 Å². The van der Waals surface area contributed by atoms with E-state index in [1.807, 2.05) is 0 Å². The lowest BCUT2D eigenvalue weighted by Crippen LogP contribution is -2.25. The Hall–Kier alpha value is -0.820. The van der Waals surface area contributed by atoms with Crippen molar-refractivity contribution in [2.24, 2.45) is 11.8 Å². The van der Waals surface area contributed by atoms with Gasteiger partial charge in [0.05, 0.1) is 0 Å². The second-order valence-electron chi connectivity index (χ2n) is 5.94. The molecule has 1 aromatic rings. The number of benzene rings is 1. The molecule has 1 nitrogen and oxygen atoms in total. The Balaban J connectivity index is 1.81. The normalized spacial score (nSPS) is 18.6. The highest BCUT2D eigenvalue weighted by atomic mass is 14.9. The Kier molecular flexibility index (Phi) is 4.82. The summed E-state index contributed by atoms with van der Waals surface area (Å²) in [6, 6.07) is 9.60. The third kappa shape index (κ3) is 3.84. The average molecular weight is 245 g/mol. The number of aryl methyl sites for hydroxylation is 1. The summed E-state index contributed by atoms with van der Waals surface area (Å²) in [5, 5.41) is 3.67. The standard InChI is InChI=1S/C17H27N/c1-4-5-15-6-8-17(9-7-15)14(3)18-12-13(2)16-10-11-16/h6-9,13-14,16,18H,4-5,10-12H2,1-3H3. The number of rotatable bonds is 7. The molecule has 0 spiro atoms. The second-order valence-corrected chi connectivity index (χ2v) is 5.94. The van der Waals surface area contributed by atoms with Crippen molar-refractivity contribution < 1.29 is 0 Å². The van der Waals surface area contributed by atoms with Crippen LogP contribution in [0.5, 0.6) is 0 Å². The van der Waals surface area contributed by atoms with Crippen LogP contribution in [0.3, 0.4) is 0 Å². The molecule has 1 aliphatic carbocycles. The smallest absolute Gasteiger partial charge is 0.0291 e. The molecule has 1 aromatic carbocycles. The first-order chi connectivity index (χ1) is 8.70. The van der Waals surface area contributed by atoms with Crippen molar-refractivity contribution >= 4 is 0 Å². The van der Waals surface area contributed by atoms with Gasteiger partial charge in [0.25, 0.3) is 0 Å². The molecule has 100 valence electrons. The molecule has 2 rings (SSSR count). The molecule has 0 radical (unpaired) electrons. The highest BCUT2D eigenvalue weighted by Gasteiger charge is 2.27. The molecule has 2 unspecified atom stereocenters. The summed E-state index contributed by atoms with van der Waals surface area (Å²) in [6.45, 7) is 8.04. The minimum absolute atomic E-state index is 0.474. The fourth-order valence-electron chi connectivity index (χ4n) is 2.57. The van der Waals surface area contributed by atoms with E-state index in [4.69, 9.17) is 0 Å². The lowest BCUT2D eigenvalue weighted by molar-refractivity contribution is 0.432. The largest absolute Gasteiger partial charge is 0.310 e. The number of hydrogen-bond donors (Lipinski definition) is 1. The highest BCUT2D eigenvalue weighted by Crippen LogP contribution is 2.36. The molecule has 0 amide bonds. The summed E-state index contributed by atoms with van der Waals surface area (Å²) in [7, 11) is 0. The Morgan fingerprint density at radius 1 is 1.17 bits per heavy atom. The van der Waals surface area contributed by atoms with Crippen LogP contribution in [0.1, 0.15) is 57.2 Å². The first kappa shape index (κ1) is 13.6. The number of nitrogens with one attached hydrogen (secondary N) is 1. The van der Waals surface area contributed by atoms with Gasteiger partial charge in [0.2, 0.25) is 0 Å². The Bertz CT molecular complexity index is 350. The summed E-state index contributed by atoms with van der Waals surface area (Å²) in [5.74, 6) is 1.84. The van der Waals surface area contributed by atoms with Gasteiger partial charge in [0.1, 0.15) is 0 Å². The second kappa shape index (κ2) is 6.38. The highest BCUT2D eigenvalue weighted by molar-refractivity contribution is 5.24. The van der Waals surface area contributed by atoms with Crippen LogP contribution >= 0.6 is 0 Å². The Labute approximate surface area is 112 Å². The number of hydrogen-bond acceptors (Lipinski definition) is 1. The maximum atomic E-state index is 3.67. The molecule has 0 aliphatic heterocycles. The average Bonchev–Trinajstić information content (AvgIpc) is 3.21. The first-order valence-electron chi connectivity index (χ1n) is 7.53. The van der Waals surface area contributed by atoms with Gasteiger partial charge in [-0.25, -0.2) is 0 Å². The zero-order valence-electron chi connectivity index (χ0n) is 12.1. The molecule has 0 aromatic heterocycles. The predicted octanol–water partition coefficient (Wildman–Crippen LogP) is 4.34. The minimum atomic E-state index is 0.474. The molecule has 0 heterocycles. The van der Waals surface area contributed by atoms with Crippen molar-refractivity contribution in [2.75, 3.05) is 6.54 Å². The molecule has 0 bridgehead atoms. The van der Waals surface area contributed by atoms with E-state index in [0.29, 0.717) is 6.04 Å². The summed E-state index contributed by atoms with van der Waals surface area (Å²) >= 11 is 0. The van der Waals surface area contributed by atoms with Crippen LogP contribution in [0.25, 0.3) is 0 Å². The molecular formula is C17H27N. The van der Waals surface area contributed by atoms with E-state index in [-0.39, 0.29) is 0 Å². The van der Waals surface area contributed by atoms with Crippen LogP contribution in [-0.4, -0.2) is 6.54 Å². The van der Waals surface area contributed by atoms with Crippen molar-refractivity contribution in [3.8, 4) is 0 Å². The van der Waals surface area contributed by atoms with Gasteiger partial charge < -0.3 is 5.32 Å². The van der Waals surface area contributed by atoms with Crippen LogP contribution in [0.2, 0.25) is 0 Å². The predicted molar refractivity (Wildman–Crippen MR) is 78.7 cm³/mol. The molecule has 1 fully saturated rings. The van der Waals surface area contributed by atoms with Crippen molar-refractivity contribution in [3.05, 3.63) is 35.4 Å². The maximum Gasteiger partial charge on any atom is 0.0291 e. The summed E-state index contributed by atoms with van der Waals surface area (Å²) in [6.07, 6.45) is 5.32. The summed E-state index contributed by atoms with van der Waals surface area (Å²) < 4.78 is 0. The quantitative estimate of drug-likeness (QED) is 0.753. The fourth-order valence-corrected chi connectivity index (χ4v) is 2.57. The van der Waals surface area contributed by atoms with Gasteiger partial charge >= 0.3 is 0 Å². The Morgan fingerprint density at radius 3 is 2.39 bits per heavy atom. The van der Waals surface area contributed by atoms with Crippen LogP contribution < -0.4 is 5.32 Å². The first-order valence-corrected chi connectivity index (χ1v) is 7.53. The molecule has 1 aliphatic rings. The lowest BCUT2D eigenvalue weighted by Gasteiger charge is -2.18. The van der Waals surface area contributed by atoms with E-state index >= 15 is 0 Å². The van der Waals surface area contributed by atoms with Gasteiger partial charge in [-0.1, -0.05) is 44.5 Å². The maximum absolute atomic E-state index is 3.67. The fraction of sp³-hybridized carbons (Fsp3) is 0.647. The van der Waals surface area contributed by atoms with Gasteiger partial charge in [0.15, 0.2) is 0 Å². The molecule has 0 saturated heterocycles. The molecule has 2 atom stereocenters. The SMILES string of the molecule is CCCc1ccc(C(C)NCC(C)C2CC2)cc1. The van der Waals surface area contributed by atoms with Crippen LogP contribution in [0, 0.1) is 11.8 Å². The molecule has 1 heteroatoms. The minimum Gasteiger partial charge on any atom is -0.310 e. The summed E-state index contributed by atoms with van der Waals surface area (Å²) in [4.78, 5) is 0. The van der Waals surface area contributed by atoms with Crippen molar-refractivity contribution in [1.29, 1.82) is 0 Å². The van der Waals surface area contributed by atoms with E-state index in [1.165, 1.54) is 36.8 Å². The van der Waals surface area contributed by atoms with E-state index < -0.39 is 0 Å². The van der Waals surface area contributed by atoms with Gasteiger partial charge in [-0.15, -0.1) is 0 Å². The Morgan fingerprint density at radius 2 is 1.83 bits per heavy atom. The third-order valence-corrected chi connectivity index (χ3v) is 4.19. The topological polar surface area (TPSA) is 12.0 Å². The monoisotopic (exact) mass is 245 g/mol. The van der Waals surface area contributed by atoms with Gasteiger partial charge in [-0.05, 0) is 55.7 Å². The molecule has 1 N–H and O–H groups in total. The molecular weight excluding hydrogens is 218 g/mol. The van der Waals surface area contributed by atoms with Gasteiger partial charge in [-0.3, -0.25) is 0 Å². The zero-order chi connectivity index (χ0) is 13.0. The lowest BCUT2D eigenvalue weighted by atomic mass is 10.0. The zero-order valence-corrected chi connectivity index (χ0v) is 12.1. The summed E-state index contributed by atoms with van der Waals surface area (Å²) in [5.41, 5.74) is 2.87. The molecule has 1 saturated carbocycles. The van der Waals surface area contributed by atoms with Crippen LogP contribution in [-0.2, 0) is 6.42 Å².